The van der Waals surface area contributed by atoms with E-state index in [2.05, 4.69) is 23.2 Å². The van der Waals surface area contributed by atoms with E-state index in [1.165, 1.54) is 24.5 Å². The van der Waals surface area contributed by atoms with Gasteiger partial charge in [0.25, 0.3) is 0 Å². The fourth-order valence-corrected chi connectivity index (χ4v) is 3.70. The Morgan fingerprint density at radius 1 is 1.04 bits per heavy atom. The summed E-state index contributed by atoms with van der Waals surface area (Å²) in [6, 6.07) is 10.7. The van der Waals surface area contributed by atoms with Gasteiger partial charge in [-0.3, -0.25) is 4.98 Å². The maximum atomic E-state index is 12.9. The molecular formula is C23H26F3NO. The van der Waals surface area contributed by atoms with Gasteiger partial charge in [-0.15, -0.1) is 0 Å². The van der Waals surface area contributed by atoms with Crippen LogP contribution in [-0.4, -0.2) is 16.7 Å². The SMILES string of the molecule is OCCCCc1ccc(/C(=C\C2CCCC2)c2ccc(C(F)(F)F)cn2)cc1. The average molecular weight is 389 g/mol. The van der Waals surface area contributed by atoms with Crippen molar-refractivity contribution in [3.63, 3.8) is 0 Å². The minimum absolute atomic E-state index is 0.200. The van der Waals surface area contributed by atoms with Crippen LogP contribution in [0.5, 0.6) is 0 Å². The summed E-state index contributed by atoms with van der Waals surface area (Å²) in [7, 11) is 0. The molecule has 1 aliphatic rings. The molecule has 0 saturated heterocycles. The molecule has 2 aromatic rings. The van der Waals surface area contributed by atoms with Crippen molar-refractivity contribution in [2.45, 2.75) is 51.1 Å². The monoisotopic (exact) mass is 389 g/mol. The van der Waals surface area contributed by atoms with Gasteiger partial charge in [-0.1, -0.05) is 43.2 Å². The van der Waals surface area contributed by atoms with Gasteiger partial charge < -0.3 is 5.11 Å². The number of aromatic nitrogens is 1. The summed E-state index contributed by atoms with van der Waals surface area (Å²) in [5.41, 5.74) is 2.93. The van der Waals surface area contributed by atoms with Gasteiger partial charge in [0.1, 0.15) is 0 Å². The maximum absolute atomic E-state index is 12.9. The van der Waals surface area contributed by atoms with Crippen LogP contribution in [0.2, 0.25) is 0 Å². The highest BCUT2D eigenvalue weighted by molar-refractivity contribution is 5.78. The standard InChI is InChI=1S/C23H26F3NO/c24-23(25,26)20-12-13-22(27-16-20)21(15-18-6-1-2-7-18)19-10-8-17(9-11-19)5-3-4-14-28/h8-13,15-16,18,28H,1-7,14H2/b21-15+. The number of hydrogen-bond donors (Lipinski definition) is 1. The second-order valence-corrected chi connectivity index (χ2v) is 7.43. The summed E-state index contributed by atoms with van der Waals surface area (Å²) in [6.07, 6.45) is 5.96. The lowest BCUT2D eigenvalue weighted by molar-refractivity contribution is -0.137. The Hall–Kier alpha value is -2.14. The van der Waals surface area contributed by atoms with E-state index in [0.29, 0.717) is 11.6 Å². The second kappa shape index (κ2) is 9.37. The molecule has 0 bridgehead atoms. The molecule has 3 rings (SSSR count). The highest BCUT2D eigenvalue weighted by Crippen LogP contribution is 2.33. The van der Waals surface area contributed by atoms with Crippen LogP contribution in [0.4, 0.5) is 13.2 Å². The first-order valence-electron chi connectivity index (χ1n) is 9.93. The zero-order valence-corrected chi connectivity index (χ0v) is 15.9. The molecule has 1 heterocycles. The number of unbranched alkanes of at least 4 members (excludes halogenated alkanes) is 1. The van der Waals surface area contributed by atoms with Crippen LogP contribution >= 0.6 is 0 Å². The number of benzene rings is 1. The summed E-state index contributed by atoms with van der Waals surface area (Å²) < 4.78 is 38.6. The highest BCUT2D eigenvalue weighted by atomic mass is 19.4. The van der Waals surface area contributed by atoms with Gasteiger partial charge in [0.2, 0.25) is 0 Å². The Labute approximate surface area is 164 Å². The zero-order valence-electron chi connectivity index (χ0n) is 15.9. The van der Waals surface area contributed by atoms with Crippen molar-refractivity contribution in [1.29, 1.82) is 0 Å². The first kappa shape index (κ1) is 20.6. The number of rotatable bonds is 7. The second-order valence-electron chi connectivity index (χ2n) is 7.43. The fraction of sp³-hybridized carbons (Fsp3) is 0.435. The Morgan fingerprint density at radius 3 is 2.32 bits per heavy atom. The van der Waals surface area contributed by atoms with Gasteiger partial charge >= 0.3 is 6.18 Å². The Bertz CT molecular complexity index is 773. The zero-order chi connectivity index (χ0) is 20.0. The Morgan fingerprint density at radius 2 is 1.75 bits per heavy atom. The van der Waals surface area contributed by atoms with Gasteiger partial charge in [0.05, 0.1) is 11.3 Å². The highest BCUT2D eigenvalue weighted by Gasteiger charge is 2.30. The molecule has 1 saturated carbocycles. The van der Waals surface area contributed by atoms with Crippen molar-refractivity contribution in [2.24, 2.45) is 5.92 Å². The number of pyridine rings is 1. The van der Waals surface area contributed by atoms with E-state index in [1.807, 2.05) is 12.1 Å². The summed E-state index contributed by atoms with van der Waals surface area (Å²) in [5.74, 6) is 0.448. The van der Waals surface area contributed by atoms with Crippen LogP contribution < -0.4 is 0 Å². The van der Waals surface area contributed by atoms with Crippen molar-refractivity contribution < 1.29 is 18.3 Å². The van der Waals surface area contributed by atoms with Gasteiger partial charge in [0, 0.05) is 18.4 Å². The minimum atomic E-state index is -4.38. The van der Waals surface area contributed by atoms with Gasteiger partial charge in [-0.25, -0.2) is 0 Å². The summed E-state index contributed by atoms with van der Waals surface area (Å²) in [5, 5.41) is 8.91. The summed E-state index contributed by atoms with van der Waals surface area (Å²) in [4.78, 5) is 4.13. The van der Waals surface area contributed by atoms with Crippen LogP contribution in [0.15, 0.2) is 48.7 Å². The van der Waals surface area contributed by atoms with Crippen molar-refractivity contribution in [1.82, 2.24) is 4.98 Å². The molecule has 0 spiro atoms. The van der Waals surface area contributed by atoms with Crippen LogP contribution in [-0.2, 0) is 12.6 Å². The molecule has 0 atom stereocenters. The lowest BCUT2D eigenvalue weighted by Crippen LogP contribution is -2.06. The van der Waals surface area contributed by atoms with Crippen molar-refractivity contribution in [3.05, 3.63) is 71.1 Å². The maximum Gasteiger partial charge on any atom is 0.417 e. The fourth-order valence-electron chi connectivity index (χ4n) is 3.70. The van der Waals surface area contributed by atoms with E-state index in [9.17, 15) is 13.2 Å². The smallest absolute Gasteiger partial charge is 0.396 e. The first-order chi connectivity index (χ1) is 13.5. The quantitative estimate of drug-likeness (QED) is 0.586. The van der Waals surface area contributed by atoms with Gasteiger partial charge in [-0.05, 0) is 61.3 Å². The molecule has 0 radical (unpaired) electrons. The number of aryl methyl sites for hydroxylation is 1. The lowest BCUT2D eigenvalue weighted by atomic mass is 9.94. The Kier molecular flexibility index (Phi) is 6.89. The van der Waals surface area contributed by atoms with Crippen molar-refractivity contribution in [2.75, 3.05) is 6.61 Å². The van der Waals surface area contributed by atoms with Gasteiger partial charge in [-0.2, -0.15) is 13.2 Å². The molecule has 150 valence electrons. The van der Waals surface area contributed by atoms with Crippen LogP contribution in [0.25, 0.3) is 5.57 Å². The third-order valence-electron chi connectivity index (χ3n) is 5.31. The minimum Gasteiger partial charge on any atom is -0.396 e. The van der Waals surface area contributed by atoms with E-state index in [0.717, 1.165) is 55.5 Å². The van der Waals surface area contributed by atoms with Gasteiger partial charge in [0.15, 0.2) is 0 Å². The molecule has 0 aliphatic heterocycles. The molecule has 1 fully saturated rings. The first-order valence-corrected chi connectivity index (χ1v) is 9.93. The van der Waals surface area contributed by atoms with Crippen LogP contribution in [0, 0.1) is 5.92 Å². The number of halogens is 3. The number of nitrogens with zero attached hydrogens (tertiary/aromatic N) is 1. The molecule has 0 unspecified atom stereocenters. The number of allylic oxidation sites excluding steroid dienone is 1. The van der Waals surface area contributed by atoms with E-state index < -0.39 is 11.7 Å². The van der Waals surface area contributed by atoms with E-state index >= 15 is 0 Å². The molecular weight excluding hydrogens is 363 g/mol. The molecule has 1 aliphatic carbocycles. The summed E-state index contributed by atoms with van der Waals surface area (Å²) in [6.45, 7) is 0.200. The number of hydrogen-bond acceptors (Lipinski definition) is 2. The molecule has 1 aromatic carbocycles. The van der Waals surface area contributed by atoms with Crippen molar-refractivity contribution in [3.8, 4) is 0 Å². The van der Waals surface area contributed by atoms with Crippen LogP contribution in [0.1, 0.15) is 60.9 Å². The van der Waals surface area contributed by atoms with Crippen LogP contribution in [0.3, 0.4) is 0 Å². The number of aliphatic hydroxyl groups is 1. The Balaban J connectivity index is 1.87. The lowest BCUT2D eigenvalue weighted by Gasteiger charge is -2.13. The topological polar surface area (TPSA) is 33.1 Å². The third-order valence-corrected chi connectivity index (χ3v) is 5.31. The number of alkyl halides is 3. The predicted octanol–water partition coefficient (Wildman–Crippen LogP) is 6.04. The average Bonchev–Trinajstić information content (AvgIpc) is 3.20. The molecule has 2 nitrogen and oxygen atoms in total. The normalized spacial score (nSPS) is 15.9. The van der Waals surface area contributed by atoms with Crippen molar-refractivity contribution >= 4 is 5.57 Å². The molecule has 1 N–H and O–H groups in total. The third kappa shape index (κ3) is 5.44. The summed E-state index contributed by atoms with van der Waals surface area (Å²) >= 11 is 0. The molecule has 0 amide bonds. The predicted molar refractivity (Wildman–Crippen MR) is 105 cm³/mol. The molecule has 5 heteroatoms. The molecule has 1 aromatic heterocycles. The largest absolute Gasteiger partial charge is 0.417 e. The van der Waals surface area contributed by atoms with E-state index in [4.69, 9.17) is 5.11 Å². The molecule has 28 heavy (non-hydrogen) atoms. The van der Waals surface area contributed by atoms with E-state index in [-0.39, 0.29) is 6.61 Å². The van der Waals surface area contributed by atoms with E-state index in [1.54, 1.807) is 0 Å². The number of aliphatic hydroxyl groups excluding tert-OH is 1.